The van der Waals surface area contributed by atoms with Gasteiger partial charge in [0, 0.05) is 13.1 Å². The van der Waals surface area contributed by atoms with Gasteiger partial charge in [-0.25, -0.2) is 10.1 Å². The molecule has 1 unspecified atom stereocenters. The van der Waals surface area contributed by atoms with Crippen molar-refractivity contribution in [2.24, 2.45) is 0 Å². The van der Waals surface area contributed by atoms with Gasteiger partial charge in [0.05, 0.1) is 6.04 Å². The van der Waals surface area contributed by atoms with Gasteiger partial charge in [-0.1, -0.05) is 36.4 Å². The molecule has 83 valence electrons. The van der Waals surface area contributed by atoms with Crippen LogP contribution in [0.4, 0.5) is 4.79 Å². The first-order valence-electron chi connectivity index (χ1n) is 5.44. The van der Waals surface area contributed by atoms with Crippen molar-refractivity contribution in [2.45, 2.75) is 12.5 Å². The van der Waals surface area contributed by atoms with E-state index in [1.165, 1.54) is 5.56 Å². The lowest BCUT2D eigenvalue weighted by Crippen LogP contribution is -2.25. The highest BCUT2D eigenvalue weighted by atomic mass is 16.2. The number of carbonyl (C=O) groups excluding carboxylic acids is 1. The summed E-state index contributed by atoms with van der Waals surface area (Å²) in [5.41, 5.74) is 1.23. The van der Waals surface area contributed by atoms with E-state index in [2.05, 4.69) is 24.0 Å². The summed E-state index contributed by atoms with van der Waals surface area (Å²) in [7, 11) is 0. The van der Waals surface area contributed by atoms with Gasteiger partial charge in [0.1, 0.15) is 0 Å². The average Bonchev–Trinajstić information content (AvgIpc) is 2.61. The summed E-state index contributed by atoms with van der Waals surface area (Å²) < 4.78 is 0. The van der Waals surface area contributed by atoms with E-state index in [-0.39, 0.29) is 12.1 Å². The topological polar surface area (TPSA) is 34.4 Å². The maximum atomic E-state index is 11.5. The Balaban J connectivity index is 1.94. The molecule has 1 aromatic rings. The maximum absolute atomic E-state index is 11.5. The van der Waals surface area contributed by atoms with Gasteiger partial charge < -0.3 is 4.90 Å². The second-order valence-electron chi connectivity index (χ2n) is 3.95. The van der Waals surface area contributed by atoms with Crippen molar-refractivity contribution >= 4 is 6.03 Å². The lowest BCUT2D eigenvalue weighted by molar-refractivity contribution is 0.221. The van der Waals surface area contributed by atoms with Gasteiger partial charge in [-0.05, 0) is 12.0 Å². The maximum Gasteiger partial charge on any atom is 0.339 e. The first-order chi connectivity index (χ1) is 7.79. The number of nitrogens with zero attached hydrogens (tertiary/aromatic N) is 2. The zero-order chi connectivity index (χ0) is 11.4. The van der Waals surface area contributed by atoms with Crippen molar-refractivity contribution in [1.82, 2.24) is 10.2 Å². The first kappa shape index (κ1) is 10.7. The molecule has 0 saturated carbocycles. The van der Waals surface area contributed by atoms with E-state index in [9.17, 15) is 4.79 Å². The van der Waals surface area contributed by atoms with E-state index >= 15 is 0 Å². The molecule has 1 saturated heterocycles. The highest BCUT2D eigenvalue weighted by Crippen LogP contribution is 2.11. The van der Waals surface area contributed by atoms with Crippen LogP contribution in [0.25, 0.3) is 0 Å². The SMILES string of the molecule is C=CCN1CC(Cc2ccccc2)[N]C1=O. The number of urea groups is 1. The number of hydrogen-bond donors (Lipinski definition) is 0. The van der Waals surface area contributed by atoms with Crippen molar-refractivity contribution < 1.29 is 4.79 Å². The molecule has 2 rings (SSSR count). The standard InChI is InChI=1S/C13H15N2O/c1-2-8-15-10-12(14-13(15)16)9-11-6-4-3-5-7-11/h2-7,12H,1,8-10H2. The Morgan fingerprint density at radius 1 is 1.44 bits per heavy atom. The quantitative estimate of drug-likeness (QED) is 0.705. The molecular formula is C13H15N2O. The first-order valence-corrected chi connectivity index (χ1v) is 5.44. The molecule has 0 aliphatic carbocycles. The Morgan fingerprint density at radius 2 is 2.19 bits per heavy atom. The summed E-state index contributed by atoms with van der Waals surface area (Å²) >= 11 is 0. The van der Waals surface area contributed by atoms with Crippen LogP contribution in [0.5, 0.6) is 0 Å². The fourth-order valence-corrected chi connectivity index (χ4v) is 1.92. The molecular weight excluding hydrogens is 200 g/mol. The van der Waals surface area contributed by atoms with Gasteiger partial charge in [-0.15, -0.1) is 6.58 Å². The Bertz CT molecular complexity index is 375. The van der Waals surface area contributed by atoms with Crippen molar-refractivity contribution in [3.63, 3.8) is 0 Å². The van der Waals surface area contributed by atoms with Crippen molar-refractivity contribution in [3.8, 4) is 0 Å². The molecule has 0 bridgehead atoms. The Labute approximate surface area is 95.8 Å². The van der Waals surface area contributed by atoms with Crippen LogP contribution >= 0.6 is 0 Å². The number of benzene rings is 1. The van der Waals surface area contributed by atoms with Crippen molar-refractivity contribution in [1.29, 1.82) is 0 Å². The zero-order valence-corrected chi connectivity index (χ0v) is 9.17. The molecule has 3 heteroatoms. The number of carbonyl (C=O) groups is 1. The molecule has 1 atom stereocenters. The van der Waals surface area contributed by atoms with E-state index in [0.717, 1.165) is 6.42 Å². The van der Waals surface area contributed by atoms with E-state index in [4.69, 9.17) is 0 Å². The molecule has 0 aromatic heterocycles. The molecule has 1 fully saturated rings. The van der Waals surface area contributed by atoms with Gasteiger partial charge in [0.25, 0.3) is 0 Å². The zero-order valence-electron chi connectivity index (χ0n) is 9.17. The van der Waals surface area contributed by atoms with Crippen LogP contribution in [0.2, 0.25) is 0 Å². The van der Waals surface area contributed by atoms with Crippen LogP contribution < -0.4 is 5.32 Å². The van der Waals surface area contributed by atoms with Crippen molar-refractivity contribution in [3.05, 3.63) is 48.6 Å². The normalized spacial score (nSPS) is 19.6. The minimum Gasteiger partial charge on any atom is -0.317 e. The highest BCUT2D eigenvalue weighted by molar-refractivity contribution is 5.76. The number of rotatable bonds is 4. The van der Waals surface area contributed by atoms with Crippen LogP contribution in [0, 0.1) is 0 Å². The van der Waals surface area contributed by atoms with Crippen LogP contribution in [-0.2, 0) is 6.42 Å². The number of amides is 2. The molecule has 0 spiro atoms. The molecule has 1 aliphatic heterocycles. The minimum atomic E-state index is -0.110. The predicted molar refractivity (Wildman–Crippen MR) is 63.2 cm³/mol. The lowest BCUT2D eigenvalue weighted by Gasteiger charge is -2.11. The average molecular weight is 215 g/mol. The third-order valence-electron chi connectivity index (χ3n) is 2.66. The Hall–Kier alpha value is -1.77. The molecule has 1 heterocycles. The third-order valence-corrected chi connectivity index (χ3v) is 2.66. The summed E-state index contributed by atoms with van der Waals surface area (Å²) in [6.45, 7) is 4.93. The molecule has 1 aromatic carbocycles. The summed E-state index contributed by atoms with van der Waals surface area (Å²) in [5, 5.41) is 4.12. The van der Waals surface area contributed by atoms with Gasteiger partial charge in [-0.2, -0.15) is 0 Å². The predicted octanol–water partition coefficient (Wildman–Crippen LogP) is 1.82. The fraction of sp³-hybridized carbons (Fsp3) is 0.308. The second kappa shape index (κ2) is 4.84. The van der Waals surface area contributed by atoms with Crippen molar-refractivity contribution in [2.75, 3.05) is 13.1 Å². The van der Waals surface area contributed by atoms with Crippen LogP contribution in [-0.4, -0.2) is 30.1 Å². The van der Waals surface area contributed by atoms with Crippen LogP contribution in [0.1, 0.15) is 5.56 Å². The molecule has 16 heavy (non-hydrogen) atoms. The fourth-order valence-electron chi connectivity index (χ4n) is 1.92. The Morgan fingerprint density at radius 3 is 2.88 bits per heavy atom. The van der Waals surface area contributed by atoms with Gasteiger partial charge in [0.15, 0.2) is 0 Å². The van der Waals surface area contributed by atoms with Gasteiger partial charge in [-0.3, -0.25) is 0 Å². The van der Waals surface area contributed by atoms with Crippen LogP contribution in [0.3, 0.4) is 0 Å². The van der Waals surface area contributed by atoms with E-state index in [1.54, 1.807) is 11.0 Å². The van der Waals surface area contributed by atoms with Gasteiger partial charge in [0.2, 0.25) is 0 Å². The summed E-state index contributed by atoms with van der Waals surface area (Å²) in [4.78, 5) is 13.2. The molecule has 2 amide bonds. The lowest BCUT2D eigenvalue weighted by atomic mass is 10.1. The molecule has 0 N–H and O–H groups in total. The minimum absolute atomic E-state index is 0.0925. The van der Waals surface area contributed by atoms with E-state index < -0.39 is 0 Å². The summed E-state index contributed by atoms with van der Waals surface area (Å²) in [6, 6.07) is 10.1. The number of hydrogen-bond acceptors (Lipinski definition) is 1. The largest absolute Gasteiger partial charge is 0.339 e. The van der Waals surface area contributed by atoms with Gasteiger partial charge >= 0.3 is 6.03 Å². The molecule has 3 nitrogen and oxygen atoms in total. The van der Waals surface area contributed by atoms with E-state index in [0.29, 0.717) is 13.1 Å². The summed E-state index contributed by atoms with van der Waals surface area (Å²) in [5.74, 6) is 0. The highest BCUT2D eigenvalue weighted by Gasteiger charge is 2.29. The molecule has 1 aliphatic rings. The smallest absolute Gasteiger partial charge is 0.317 e. The van der Waals surface area contributed by atoms with Crippen LogP contribution in [0.15, 0.2) is 43.0 Å². The van der Waals surface area contributed by atoms with E-state index in [1.807, 2.05) is 18.2 Å². The monoisotopic (exact) mass is 215 g/mol. The third kappa shape index (κ3) is 2.42. The second-order valence-corrected chi connectivity index (χ2v) is 3.95. The Kier molecular flexibility index (Phi) is 3.25. The summed E-state index contributed by atoms with van der Waals surface area (Å²) in [6.07, 6.45) is 2.57. The molecule has 1 radical (unpaired) electrons.